The van der Waals surface area contributed by atoms with Gasteiger partial charge in [-0.15, -0.1) is 0 Å². The molecule has 2 rings (SSSR count). The summed E-state index contributed by atoms with van der Waals surface area (Å²) in [5.41, 5.74) is 3.64. The number of para-hydroxylation sites is 1. The largest absolute Gasteiger partial charge is 0.496 e. The van der Waals surface area contributed by atoms with E-state index < -0.39 is 0 Å². The van der Waals surface area contributed by atoms with Gasteiger partial charge in [-0.2, -0.15) is 5.10 Å². The Labute approximate surface area is 124 Å². The van der Waals surface area contributed by atoms with Gasteiger partial charge in [0.05, 0.1) is 19.2 Å². The average Bonchev–Trinajstić information content (AvgIpc) is 2.72. The summed E-state index contributed by atoms with van der Waals surface area (Å²) in [5, 5.41) is 4.30. The Balaban J connectivity index is 1.99. The smallest absolute Gasteiger partial charge is 0.310 e. The number of hydrogen-bond acceptors (Lipinski definition) is 4. The van der Waals surface area contributed by atoms with E-state index in [1.807, 2.05) is 45.2 Å². The van der Waals surface area contributed by atoms with E-state index in [1.54, 1.807) is 11.8 Å². The van der Waals surface area contributed by atoms with Crippen LogP contribution in [0.3, 0.4) is 0 Å². The third-order valence-electron chi connectivity index (χ3n) is 3.56. The van der Waals surface area contributed by atoms with Crippen LogP contribution in [0, 0.1) is 13.8 Å². The summed E-state index contributed by atoms with van der Waals surface area (Å²) in [6, 6.07) is 7.50. The molecule has 5 heteroatoms. The Hall–Kier alpha value is -2.30. The molecule has 0 radical (unpaired) electrons. The Kier molecular flexibility index (Phi) is 4.62. The molecular weight excluding hydrogens is 268 g/mol. The van der Waals surface area contributed by atoms with E-state index in [2.05, 4.69) is 5.10 Å². The van der Waals surface area contributed by atoms with Crippen molar-refractivity contribution >= 4 is 5.97 Å². The molecule has 0 saturated heterocycles. The lowest BCUT2D eigenvalue weighted by Gasteiger charge is -2.09. The highest BCUT2D eigenvalue weighted by Gasteiger charge is 2.15. The number of ether oxygens (including phenoxy) is 2. The minimum absolute atomic E-state index is 0.210. The number of esters is 1. The van der Waals surface area contributed by atoms with Crippen LogP contribution in [-0.4, -0.2) is 22.9 Å². The molecule has 2 aromatic rings. The number of methoxy groups -OCH3 is 1. The second-order valence-corrected chi connectivity index (χ2v) is 4.92. The SMILES string of the molecule is COc1ccccc1COC(=O)Cc1c(C)nn(C)c1C. The predicted octanol–water partition coefficient (Wildman–Crippen LogP) is 2.33. The van der Waals surface area contributed by atoms with Crippen molar-refractivity contribution in [2.45, 2.75) is 26.9 Å². The molecule has 0 unspecified atom stereocenters. The minimum atomic E-state index is -0.264. The summed E-state index contributed by atoms with van der Waals surface area (Å²) < 4.78 is 12.3. The molecule has 0 N–H and O–H groups in total. The van der Waals surface area contributed by atoms with E-state index in [9.17, 15) is 4.79 Å². The maximum Gasteiger partial charge on any atom is 0.310 e. The first-order chi connectivity index (χ1) is 10.0. The Bertz CT molecular complexity index is 647. The number of aryl methyl sites for hydroxylation is 2. The fraction of sp³-hybridized carbons (Fsp3) is 0.375. The number of aromatic nitrogens is 2. The van der Waals surface area contributed by atoms with Gasteiger partial charge in [0, 0.05) is 23.9 Å². The van der Waals surface area contributed by atoms with Gasteiger partial charge >= 0.3 is 5.97 Å². The van der Waals surface area contributed by atoms with E-state index in [-0.39, 0.29) is 19.0 Å². The lowest BCUT2D eigenvalue weighted by molar-refractivity contribution is -0.144. The van der Waals surface area contributed by atoms with E-state index in [4.69, 9.17) is 9.47 Å². The Morgan fingerprint density at radius 2 is 2.00 bits per heavy atom. The average molecular weight is 288 g/mol. The fourth-order valence-electron chi connectivity index (χ4n) is 2.25. The van der Waals surface area contributed by atoms with Crippen molar-refractivity contribution in [3.63, 3.8) is 0 Å². The van der Waals surface area contributed by atoms with Gasteiger partial charge in [-0.1, -0.05) is 18.2 Å². The van der Waals surface area contributed by atoms with Crippen molar-refractivity contribution in [3.05, 3.63) is 46.8 Å². The second kappa shape index (κ2) is 6.43. The highest BCUT2D eigenvalue weighted by Crippen LogP contribution is 2.19. The molecule has 0 amide bonds. The van der Waals surface area contributed by atoms with Crippen molar-refractivity contribution in [2.75, 3.05) is 7.11 Å². The lowest BCUT2D eigenvalue weighted by atomic mass is 10.1. The molecule has 0 aliphatic carbocycles. The first-order valence-electron chi connectivity index (χ1n) is 6.79. The third-order valence-corrected chi connectivity index (χ3v) is 3.56. The highest BCUT2D eigenvalue weighted by atomic mass is 16.5. The Morgan fingerprint density at radius 3 is 2.62 bits per heavy atom. The fourth-order valence-corrected chi connectivity index (χ4v) is 2.25. The van der Waals surface area contributed by atoms with E-state index in [0.29, 0.717) is 0 Å². The normalized spacial score (nSPS) is 10.5. The van der Waals surface area contributed by atoms with Crippen LogP contribution in [0.5, 0.6) is 5.75 Å². The van der Waals surface area contributed by atoms with Crippen LogP contribution in [-0.2, 0) is 29.6 Å². The molecule has 0 aliphatic heterocycles. The molecule has 1 aromatic carbocycles. The molecule has 0 atom stereocenters. The zero-order valence-corrected chi connectivity index (χ0v) is 12.8. The van der Waals surface area contributed by atoms with Gasteiger partial charge in [0.2, 0.25) is 0 Å². The summed E-state index contributed by atoms with van der Waals surface area (Å²) in [4.78, 5) is 12.0. The molecule has 0 fully saturated rings. The molecule has 5 nitrogen and oxygen atoms in total. The van der Waals surface area contributed by atoms with Crippen molar-refractivity contribution in [1.82, 2.24) is 9.78 Å². The van der Waals surface area contributed by atoms with Crippen LogP contribution in [0.2, 0.25) is 0 Å². The summed E-state index contributed by atoms with van der Waals surface area (Å²) in [6.45, 7) is 4.06. The van der Waals surface area contributed by atoms with Gasteiger partial charge in [0.25, 0.3) is 0 Å². The van der Waals surface area contributed by atoms with Gasteiger partial charge < -0.3 is 9.47 Å². The molecule has 0 aliphatic rings. The standard InChI is InChI=1S/C16H20N2O3/c1-11-14(12(2)18(3)17-11)9-16(19)21-10-13-7-5-6-8-15(13)20-4/h5-8H,9-10H2,1-4H3. The number of rotatable bonds is 5. The van der Waals surface area contributed by atoms with Crippen LogP contribution in [0.4, 0.5) is 0 Å². The molecule has 1 heterocycles. The van der Waals surface area contributed by atoms with Crippen molar-refractivity contribution in [3.8, 4) is 5.75 Å². The number of carbonyl (C=O) groups is 1. The first-order valence-corrected chi connectivity index (χ1v) is 6.79. The first kappa shape index (κ1) is 15.1. The van der Waals surface area contributed by atoms with Gasteiger partial charge in [-0.3, -0.25) is 9.48 Å². The van der Waals surface area contributed by atoms with Gasteiger partial charge in [-0.05, 0) is 19.9 Å². The van der Waals surface area contributed by atoms with E-state index in [1.165, 1.54) is 0 Å². The molecule has 21 heavy (non-hydrogen) atoms. The molecule has 112 valence electrons. The van der Waals surface area contributed by atoms with Crippen LogP contribution in [0.25, 0.3) is 0 Å². The van der Waals surface area contributed by atoms with Gasteiger partial charge in [-0.25, -0.2) is 0 Å². The molecular formula is C16H20N2O3. The summed E-state index contributed by atoms with van der Waals surface area (Å²) in [5.74, 6) is 0.458. The number of nitrogens with zero attached hydrogens (tertiary/aromatic N) is 2. The van der Waals surface area contributed by atoms with Gasteiger partial charge in [0.1, 0.15) is 12.4 Å². The lowest BCUT2D eigenvalue weighted by Crippen LogP contribution is -2.10. The Morgan fingerprint density at radius 1 is 1.29 bits per heavy atom. The maximum atomic E-state index is 12.0. The molecule has 0 bridgehead atoms. The zero-order chi connectivity index (χ0) is 15.4. The van der Waals surface area contributed by atoms with Crippen LogP contribution in [0.15, 0.2) is 24.3 Å². The quantitative estimate of drug-likeness (QED) is 0.792. The molecule has 0 spiro atoms. The summed E-state index contributed by atoms with van der Waals surface area (Å²) in [6.07, 6.45) is 0.237. The van der Waals surface area contributed by atoms with Crippen LogP contribution >= 0.6 is 0 Å². The number of hydrogen-bond donors (Lipinski definition) is 0. The minimum Gasteiger partial charge on any atom is -0.496 e. The van der Waals surface area contributed by atoms with Crippen LogP contribution < -0.4 is 4.74 Å². The van der Waals surface area contributed by atoms with Crippen molar-refractivity contribution in [2.24, 2.45) is 7.05 Å². The van der Waals surface area contributed by atoms with Crippen molar-refractivity contribution < 1.29 is 14.3 Å². The molecule has 1 aromatic heterocycles. The monoisotopic (exact) mass is 288 g/mol. The predicted molar refractivity (Wildman–Crippen MR) is 79.2 cm³/mol. The highest BCUT2D eigenvalue weighted by molar-refractivity contribution is 5.73. The maximum absolute atomic E-state index is 12.0. The summed E-state index contributed by atoms with van der Waals surface area (Å²) >= 11 is 0. The van der Waals surface area contributed by atoms with E-state index >= 15 is 0 Å². The zero-order valence-electron chi connectivity index (χ0n) is 12.8. The summed E-state index contributed by atoms with van der Waals surface area (Å²) in [7, 11) is 3.47. The van der Waals surface area contributed by atoms with E-state index in [0.717, 1.165) is 28.3 Å². The number of carbonyl (C=O) groups excluding carboxylic acids is 1. The topological polar surface area (TPSA) is 53.4 Å². The van der Waals surface area contributed by atoms with Gasteiger partial charge in [0.15, 0.2) is 0 Å². The number of benzene rings is 1. The second-order valence-electron chi connectivity index (χ2n) is 4.92. The van der Waals surface area contributed by atoms with Crippen molar-refractivity contribution in [1.29, 1.82) is 0 Å². The van der Waals surface area contributed by atoms with Crippen LogP contribution in [0.1, 0.15) is 22.5 Å². The third kappa shape index (κ3) is 3.42. The molecule has 0 saturated carbocycles.